The highest BCUT2D eigenvalue weighted by atomic mass is 15.0. The van der Waals surface area contributed by atoms with E-state index >= 15 is 0 Å². The summed E-state index contributed by atoms with van der Waals surface area (Å²) in [6.07, 6.45) is 7.32. The van der Waals surface area contributed by atoms with E-state index in [1.54, 1.807) is 0 Å². The van der Waals surface area contributed by atoms with Crippen molar-refractivity contribution in [1.82, 2.24) is 9.38 Å². The molecule has 1 aliphatic rings. The van der Waals surface area contributed by atoms with Crippen LogP contribution in [0.5, 0.6) is 0 Å². The molecule has 2 aromatic rings. The summed E-state index contributed by atoms with van der Waals surface area (Å²) < 4.78 is 2.06. The molecule has 0 saturated heterocycles. The van der Waals surface area contributed by atoms with E-state index in [0.717, 1.165) is 30.6 Å². The van der Waals surface area contributed by atoms with Crippen LogP contribution >= 0.6 is 0 Å². The van der Waals surface area contributed by atoms with Crippen LogP contribution in [0.2, 0.25) is 0 Å². The third-order valence-electron chi connectivity index (χ3n) is 3.24. The number of hydrogen-bond donors (Lipinski definition) is 1. The fourth-order valence-electron chi connectivity index (χ4n) is 1.94. The summed E-state index contributed by atoms with van der Waals surface area (Å²) in [4.78, 5) is 4.54. The van der Waals surface area contributed by atoms with Gasteiger partial charge < -0.3 is 10.1 Å². The van der Waals surface area contributed by atoms with E-state index < -0.39 is 0 Å². The second-order valence-corrected chi connectivity index (χ2v) is 4.42. The third-order valence-corrected chi connectivity index (χ3v) is 3.24. The number of aromatic nitrogens is 2. The maximum Gasteiger partial charge on any atom is 0.137 e. The molecule has 3 rings (SSSR count). The number of pyridine rings is 1. The van der Waals surface area contributed by atoms with Crippen molar-refractivity contribution in [2.45, 2.75) is 31.7 Å². The summed E-state index contributed by atoms with van der Waals surface area (Å²) in [6, 6.07) is 4.23. The molecule has 0 radical (unpaired) electrons. The number of nitrogens with zero attached hydrogens (tertiary/aromatic N) is 2. The smallest absolute Gasteiger partial charge is 0.137 e. The largest absolute Gasteiger partial charge is 0.321 e. The molecule has 3 heteroatoms. The summed E-state index contributed by atoms with van der Waals surface area (Å²) in [7, 11) is 0. The maximum absolute atomic E-state index is 6.16. The number of aryl methyl sites for hydroxylation is 1. The van der Waals surface area contributed by atoms with Crippen LogP contribution in [0.3, 0.4) is 0 Å². The molecule has 2 heterocycles. The Kier molecular flexibility index (Phi) is 1.68. The minimum Gasteiger partial charge on any atom is -0.321 e. The van der Waals surface area contributed by atoms with Crippen LogP contribution in [0.4, 0.5) is 0 Å². The lowest BCUT2D eigenvalue weighted by Gasteiger charge is -2.08. The Labute approximate surface area is 88.9 Å². The number of imidazole rings is 1. The van der Waals surface area contributed by atoms with Gasteiger partial charge in [0, 0.05) is 17.9 Å². The van der Waals surface area contributed by atoms with Gasteiger partial charge in [-0.15, -0.1) is 0 Å². The highest BCUT2D eigenvalue weighted by Crippen LogP contribution is 2.42. The number of fused-ring (bicyclic) bond motifs is 1. The van der Waals surface area contributed by atoms with Gasteiger partial charge in [0.15, 0.2) is 0 Å². The summed E-state index contributed by atoms with van der Waals surface area (Å²) in [6.45, 7) is 2.12. The van der Waals surface area contributed by atoms with E-state index in [9.17, 15) is 0 Å². The molecule has 0 aromatic carbocycles. The van der Waals surface area contributed by atoms with E-state index in [4.69, 9.17) is 5.73 Å². The van der Waals surface area contributed by atoms with Crippen LogP contribution in [-0.2, 0) is 12.0 Å². The molecule has 1 aliphatic carbocycles. The van der Waals surface area contributed by atoms with Gasteiger partial charge in [0.05, 0.1) is 5.69 Å². The molecule has 78 valence electrons. The van der Waals surface area contributed by atoms with Crippen LogP contribution in [0.1, 0.15) is 31.0 Å². The second kappa shape index (κ2) is 2.83. The Bertz CT molecular complexity index is 509. The van der Waals surface area contributed by atoms with E-state index in [1.165, 1.54) is 5.56 Å². The molecular formula is C12H15N3. The van der Waals surface area contributed by atoms with Gasteiger partial charge in [-0.3, -0.25) is 0 Å². The molecule has 0 unspecified atom stereocenters. The molecular weight excluding hydrogens is 186 g/mol. The monoisotopic (exact) mass is 201 g/mol. The number of rotatable bonds is 2. The highest BCUT2D eigenvalue weighted by Gasteiger charge is 2.40. The van der Waals surface area contributed by atoms with Crippen LogP contribution < -0.4 is 5.73 Å². The summed E-state index contributed by atoms with van der Waals surface area (Å²) in [5.74, 6) is 0. The van der Waals surface area contributed by atoms with Gasteiger partial charge in [0.2, 0.25) is 0 Å². The van der Waals surface area contributed by atoms with Gasteiger partial charge in [0.1, 0.15) is 5.65 Å². The first-order valence-corrected chi connectivity index (χ1v) is 5.48. The van der Waals surface area contributed by atoms with Gasteiger partial charge in [-0.25, -0.2) is 4.98 Å². The minimum atomic E-state index is -0.0555. The summed E-state index contributed by atoms with van der Waals surface area (Å²) in [5, 5.41) is 0. The molecule has 2 aromatic heterocycles. The quantitative estimate of drug-likeness (QED) is 0.805. The molecule has 0 spiro atoms. The molecule has 2 N–H and O–H groups in total. The fourth-order valence-corrected chi connectivity index (χ4v) is 1.94. The van der Waals surface area contributed by atoms with E-state index in [0.29, 0.717) is 0 Å². The van der Waals surface area contributed by atoms with Crippen molar-refractivity contribution in [2.24, 2.45) is 5.73 Å². The topological polar surface area (TPSA) is 43.3 Å². The molecule has 1 fully saturated rings. The van der Waals surface area contributed by atoms with Crippen molar-refractivity contribution in [3.8, 4) is 0 Å². The Hall–Kier alpha value is -1.35. The molecule has 0 bridgehead atoms. The predicted octanol–water partition coefficient (Wildman–Crippen LogP) is 1.84. The van der Waals surface area contributed by atoms with Crippen molar-refractivity contribution in [2.75, 3.05) is 0 Å². The highest BCUT2D eigenvalue weighted by molar-refractivity contribution is 5.46. The van der Waals surface area contributed by atoms with E-state index in [-0.39, 0.29) is 5.54 Å². The zero-order valence-electron chi connectivity index (χ0n) is 8.90. The first kappa shape index (κ1) is 8.92. The number of nitrogens with two attached hydrogens (primary N) is 1. The van der Waals surface area contributed by atoms with Crippen molar-refractivity contribution >= 4 is 5.65 Å². The second-order valence-electron chi connectivity index (χ2n) is 4.42. The van der Waals surface area contributed by atoms with Crippen LogP contribution in [0.15, 0.2) is 24.5 Å². The Morgan fingerprint density at radius 2 is 2.33 bits per heavy atom. The van der Waals surface area contributed by atoms with Gasteiger partial charge in [-0.05, 0) is 37.0 Å². The molecule has 15 heavy (non-hydrogen) atoms. The Morgan fingerprint density at radius 3 is 3.00 bits per heavy atom. The zero-order chi connectivity index (χ0) is 10.5. The predicted molar refractivity (Wildman–Crippen MR) is 59.7 cm³/mol. The van der Waals surface area contributed by atoms with E-state index in [1.807, 2.05) is 0 Å². The third kappa shape index (κ3) is 1.35. The fraction of sp³-hybridized carbons (Fsp3) is 0.417. The Morgan fingerprint density at radius 1 is 1.53 bits per heavy atom. The van der Waals surface area contributed by atoms with E-state index in [2.05, 4.69) is 40.8 Å². The number of hydrogen-bond acceptors (Lipinski definition) is 2. The lowest BCUT2D eigenvalue weighted by Crippen LogP contribution is -2.18. The lowest BCUT2D eigenvalue weighted by atomic mass is 10.1. The molecule has 0 atom stereocenters. The van der Waals surface area contributed by atoms with Crippen molar-refractivity contribution in [1.29, 1.82) is 0 Å². The molecule has 1 saturated carbocycles. The summed E-state index contributed by atoms with van der Waals surface area (Å²) >= 11 is 0. The van der Waals surface area contributed by atoms with Gasteiger partial charge in [-0.1, -0.05) is 6.92 Å². The van der Waals surface area contributed by atoms with Gasteiger partial charge >= 0.3 is 0 Å². The zero-order valence-corrected chi connectivity index (χ0v) is 8.90. The van der Waals surface area contributed by atoms with Crippen LogP contribution in [-0.4, -0.2) is 9.38 Å². The van der Waals surface area contributed by atoms with Crippen molar-refractivity contribution in [3.63, 3.8) is 0 Å². The van der Waals surface area contributed by atoms with Gasteiger partial charge in [-0.2, -0.15) is 0 Å². The molecule has 3 nitrogen and oxygen atoms in total. The first-order valence-electron chi connectivity index (χ1n) is 5.48. The molecule has 0 amide bonds. The van der Waals surface area contributed by atoms with Gasteiger partial charge in [0.25, 0.3) is 0 Å². The maximum atomic E-state index is 6.16. The average Bonchev–Trinajstić information content (AvgIpc) is 2.86. The average molecular weight is 201 g/mol. The van der Waals surface area contributed by atoms with Crippen LogP contribution in [0.25, 0.3) is 5.65 Å². The first-order chi connectivity index (χ1) is 7.21. The van der Waals surface area contributed by atoms with Crippen molar-refractivity contribution in [3.05, 3.63) is 35.8 Å². The standard InChI is InChI=1S/C12H15N3/c1-2-10-8-15-6-3-9(7-11(15)14-10)12(13)4-5-12/h3,6-8H,2,4-5,13H2,1H3. The summed E-state index contributed by atoms with van der Waals surface area (Å²) in [5.41, 5.74) is 9.48. The minimum absolute atomic E-state index is 0.0555. The SMILES string of the molecule is CCc1cn2ccc(C3(N)CC3)cc2n1. The van der Waals surface area contributed by atoms with Crippen molar-refractivity contribution < 1.29 is 0 Å². The lowest BCUT2D eigenvalue weighted by molar-refractivity contribution is 0.738. The Balaban J connectivity index is 2.13. The molecule has 0 aliphatic heterocycles. The normalized spacial score (nSPS) is 18.3. The van der Waals surface area contributed by atoms with Crippen LogP contribution in [0, 0.1) is 0 Å².